The number of hydrogen-bond acceptors (Lipinski definition) is 3. The van der Waals surface area contributed by atoms with Gasteiger partial charge in [-0.2, -0.15) is 0 Å². The highest BCUT2D eigenvalue weighted by atomic mass is 16.5. The van der Waals surface area contributed by atoms with Crippen LogP contribution < -0.4 is 15.6 Å². The normalized spacial score (nSPS) is 10.5. The molecule has 1 N–H and O–H groups in total. The quantitative estimate of drug-likeness (QED) is 0.484. The maximum Gasteiger partial charge on any atom is 0.263 e. The second-order valence-electron chi connectivity index (χ2n) is 7.09. The molecule has 1 heterocycles. The van der Waals surface area contributed by atoms with E-state index >= 15 is 0 Å². The molecule has 1 amide bonds. The second kappa shape index (κ2) is 9.59. The first kappa shape index (κ1) is 20.2. The number of pyridine rings is 1. The molecule has 5 heteroatoms. The van der Waals surface area contributed by atoms with Gasteiger partial charge in [-0.05, 0) is 47.5 Å². The molecular weight excluding hydrogens is 388 g/mol. The second-order valence-corrected chi connectivity index (χ2v) is 7.09. The number of hydrogen-bond donors (Lipinski definition) is 1. The average Bonchev–Trinajstić information content (AvgIpc) is 2.80. The molecule has 0 aliphatic heterocycles. The van der Waals surface area contributed by atoms with Gasteiger partial charge in [0.05, 0.1) is 6.54 Å². The summed E-state index contributed by atoms with van der Waals surface area (Å²) in [6, 6.07) is 29.9. The van der Waals surface area contributed by atoms with Gasteiger partial charge in [0.1, 0.15) is 17.1 Å². The monoisotopic (exact) mass is 410 g/mol. The Morgan fingerprint density at radius 2 is 1.45 bits per heavy atom. The highest BCUT2D eigenvalue weighted by molar-refractivity contribution is 5.93. The molecule has 5 nitrogen and oxygen atoms in total. The van der Waals surface area contributed by atoms with Gasteiger partial charge < -0.3 is 14.6 Å². The lowest BCUT2D eigenvalue weighted by Crippen LogP contribution is -2.32. The topological polar surface area (TPSA) is 60.3 Å². The summed E-state index contributed by atoms with van der Waals surface area (Å²) >= 11 is 0. The largest absolute Gasteiger partial charge is 0.457 e. The van der Waals surface area contributed by atoms with Gasteiger partial charge in [-0.25, -0.2) is 0 Å². The smallest absolute Gasteiger partial charge is 0.263 e. The zero-order valence-corrected chi connectivity index (χ0v) is 16.9. The van der Waals surface area contributed by atoms with Gasteiger partial charge in [-0.15, -0.1) is 0 Å². The first-order valence-corrected chi connectivity index (χ1v) is 10.0. The maximum atomic E-state index is 12.8. The molecule has 0 spiro atoms. The van der Waals surface area contributed by atoms with Gasteiger partial charge in [-0.3, -0.25) is 9.59 Å². The number of carbonyl (C=O) groups excluding carboxylic acids is 1. The van der Waals surface area contributed by atoms with Gasteiger partial charge in [0.15, 0.2) is 0 Å². The van der Waals surface area contributed by atoms with Crippen LogP contribution in [0.3, 0.4) is 0 Å². The van der Waals surface area contributed by atoms with Crippen molar-refractivity contribution in [3.05, 3.63) is 130 Å². The van der Waals surface area contributed by atoms with Crippen LogP contribution in [0.15, 0.2) is 108 Å². The van der Waals surface area contributed by atoms with Crippen molar-refractivity contribution in [3.8, 4) is 11.5 Å². The number of ether oxygens (including phenoxy) is 1. The van der Waals surface area contributed by atoms with E-state index in [2.05, 4.69) is 5.32 Å². The van der Waals surface area contributed by atoms with Crippen LogP contribution in [0.4, 0.5) is 0 Å². The van der Waals surface area contributed by atoms with Crippen LogP contribution in [0.2, 0.25) is 0 Å². The summed E-state index contributed by atoms with van der Waals surface area (Å²) in [4.78, 5) is 25.4. The Hall–Kier alpha value is -4.12. The Bertz CT molecular complexity index is 1220. The summed E-state index contributed by atoms with van der Waals surface area (Å²) in [5, 5.41) is 2.83. The Morgan fingerprint density at radius 1 is 0.774 bits per heavy atom. The molecule has 0 aliphatic rings. The van der Waals surface area contributed by atoms with Crippen LogP contribution in [-0.2, 0) is 13.1 Å². The van der Waals surface area contributed by atoms with Crippen molar-refractivity contribution in [1.29, 1.82) is 0 Å². The van der Waals surface area contributed by atoms with E-state index in [0.717, 1.165) is 16.9 Å². The number of aromatic nitrogens is 1. The van der Waals surface area contributed by atoms with E-state index in [9.17, 15) is 9.59 Å². The zero-order chi connectivity index (χ0) is 21.5. The Labute approximate surface area is 180 Å². The Morgan fingerprint density at radius 3 is 2.23 bits per heavy atom. The zero-order valence-electron chi connectivity index (χ0n) is 16.9. The van der Waals surface area contributed by atoms with Gasteiger partial charge >= 0.3 is 0 Å². The van der Waals surface area contributed by atoms with Crippen molar-refractivity contribution in [2.75, 3.05) is 0 Å². The van der Waals surface area contributed by atoms with Crippen molar-refractivity contribution >= 4 is 5.91 Å². The fraction of sp³-hybridized carbons (Fsp3) is 0.0769. The summed E-state index contributed by atoms with van der Waals surface area (Å²) in [6.45, 7) is 0.706. The van der Waals surface area contributed by atoms with Gasteiger partial charge in [0.25, 0.3) is 11.5 Å². The molecule has 4 aromatic rings. The Kier molecular flexibility index (Phi) is 6.24. The molecule has 0 radical (unpaired) electrons. The van der Waals surface area contributed by atoms with Crippen LogP contribution >= 0.6 is 0 Å². The van der Waals surface area contributed by atoms with Crippen molar-refractivity contribution in [2.45, 2.75) is 13.1 Å². The molecule has 0 aliphatic carbocycles. The summed E-state index contributed by atoms with van der Waals surface area (Å²) in [6.07, 6.45) is 1.69. The van der Waals surface area contributed by atoms with E-state index in [1.165, 1.54) is 0 Å². The average molecular weight is 410 g/mol. The molecule has 31 heavy (non-hydrogen) atoms. The maximum absolute atomic E-state index is 12.8. The van der Waals surface area contributed by atoms with Crippen LogP contribution in [0.5, 0.6) is 11.5 Å². The molecule has 0 bridgehead atoms. The molecule has 0 atom stereocenters. The molecule has 0 fully saturated rings. The summed E-state index contributed by atoms with van der Waals surface area (Å²) in [5.74, 6) is 1.02. The van der Waals surface area contributed by atoms with E-state index in [-0.39, 0.29) is 17.7 Å². The van der Waals surface area contributed by atoms with E-state index in [4.69, 9.17) is 4.74 Å². The minimum atomic E-state index is -0.401. The van der Waals surface area contributed by atoms with Crippen LogP contribution in [0.25, 0.3) is 0 Å². The molecule has 0 unspecified atom stereocenters. The standard InChI is InChI=1S/C26H22N2O3/c29-25(24-15-8-16-28(26(24)30)19-20-9-3-1-4-10-20)27-18-21-11-7-14-23(17-21)31-22-12-5-2-6-13-22/h1-17H,18-19H2,(H,27,29). The number of para-hydroxylation sites is 1. The lowest BCUT2D eigenvalue weighted by molar-refractivity contribution is 0.0948. The SMILES string of the molecule is O=C(NCc1cccc(Oc2ccccc2)c1)c1cccn(Cc2ccccc2)c1=O. The van der Waals surface area contributed by atoms with Crippen molar-refractivity contribution in [3.63, 3.8) is 0 Å². The lowest BCUT2D eigenvalue weighted by Gasteiger charge is -2.10. The van der Waals surface area contributed by atoms with Crippen LogP contribution in [0.1, 0.15) is 21.5 Å². The predicted molar refractivity (Wildman–Crippen MR) is 120 cm³/mol. The highest BCUT2D eigenvalue weighted by Gasteiger charge is 2.12. The van der Waals surface area contributed by atoms with E-state index in [1.54, 1.807) is 22.9 Å². The first-order chi connectivity index (χ1) is 15.2. The van der Waals surface area contributed by atoms with E-state index < -0.39 is 5.91 Å². The summed E-state index contributed by atoms with van der Waals surface area (Å²) in [7, 11) is 0. The van der Waals surface area contributed by atoms with E-state index in [1.807, 2.05) is 84.9 Å². The number of benzene rings is 3. The number of carbonyl (C=O) groups is 1. The van der Waals surface area contributed by atoms with Crippen molar-refractivity contribution < 1.29 is 9.53 Å². The predicted octanol–water partition coefficient (Wildman–Crippen LogP) is 4.62. The molecule has 3 aromatic carbocycles. The van der Waals surface area contributed by atoms with Gasteiger partial charge in [0.2, 0.25) is 0 Å². The summed E-state index contributed by atoms with van der Waals surface area (Å²) < 4.78 is 7.38. The fourth-order valence-corrected chi connectivity index (χ4v) is 3.24. The minimum absolute atomic E-state index is 0.120. The Balaban J connectivity index is 1.43. The number of amides is 1. The van der Waals surface area contributed by atoms with E-state index in [0.29, 0.717) is 12.3 Å². The first-order valence-electron chi connectivity index (χ1n) is 10.0. The molecule has 0 saturated heterocycles. The minimum Gasteiger partial charge on any atom is -0.457 e. The van der Waals surface area contributed by atoms with Crippen LogP contribution in [-0.4, -0.2) is 10.5 Å². The molecule has 1 aromatic heterocycles. The number of nitrogens with one attached hydrogen (secondary N) is 1. The lowest BCUT2D eigenvalue weighted by atomic mass is 10.2. The van der Waals surface area contributed by atoms with Gasteiger partial charge in [0, 0.05) is 12.7 Å². The fourth-order valence-electron chi connectivity index (χ4n) is 3.24. The molecule has 4 rings (SSSR count). The molecule has 0 saturated carbocycles. The molecular formula is C26H22N2O3. The molecule has 154 valence electrons. The third kappa shape index (κ3) is 5.28. The van der Waals surface area contributed by atoms with Crippen LogP contribution in [0, 0.1) is 0 Å². The number of nitrogens with zero attached hydrogens (tertiary/aromatic N) is 1. The summed E-state index contributed by atoms with van der Waals surface area (Å²) in [5.41, 5.74) is 1.68. The van der Waals surface area contributed by atoms with Gasteiger partial charge in [-0.1, -0.05) is 60.7 Å². The number of rotatable bonds is 7. The highest BCUT2D eigenvalue weighted by Crippen LogP contribution is 2.21. The van der Waals surface area contributed by atoms with Crippen molar-refractivity contribution in [2.24, 2.45) is 0 Å². The van der Waals surface area contributed by atoms with Crippen molar-refractivity contribution in [1.82, 2.24) is 9.88 Å². The third-order valence-corrected chi connectivity index (χ3v) is 4.79. The third-order valence-electron chi connectivity index (χ3n) is 4.79.